The van der Waals surface area contributed by atoms with Crippen molar-refractivity contribution in [1.29, 1.82) is 0 Å². The highest BCUT2D eigenvalue weighted by molar-refractivity contribution is 7.86. The normalized spacial score (nSPS) is 11.9. The SMILES string of the molecule is Cc1cc(=O)[nH]c2cc(S(=O)(=O)O)c(N)cc12. The second kappa shape index (κ2) is 3.57. The van der Waals surface area contributed by atoms with Crippen molar-refractivity contribution >= 4 is 26.7 Å². The molecule has 0 amide bonds. The molecule has 0 aliphatic rings. The number of nitrogen functional groups attached to an aromatic ring is 1. The number of fused-ring (bicyclic) bond motifs is 1. The predicted octanol–water partition coefficient (Wildman–Crippen LogP) is 0.665. The molecule has 0 aliphatic heterocycles. The molecule has 2 rings (SSSR count). The molecule has 17 heavy (non-hydrogen) atoms. The molecule has 0 fully saturated rings. The van der Waals surface area contributed by atoms with Gasteiger partial charge in [0, 0.05) is 11.5 Å². The van der Waals surface area contributed by atoms with E-state index in [4.69, 9.17) is 10.3 Å². The highest BCUT2D eigenvalue weighted by Crippen LogP contribution is 2.25. The maximum Gasteiger partial charge on any atom is 0.296 e. The van der Waals surface area contributed by atoms with E-state index in [1.165, 1.54) is 12.1 Å². The van der Waals surface area contributed by atoms with Crippen molar-refractivity contribution in [2.24, 2.45) is 0 Å². The highest BCUT2D eigenvalue weighted by Gasteiger charge is 2.15. The lowest BCUT2D eigenvalue weighted by Gasteiger charge is -2.06. The summed E-state index contributed by atoms with van der Waals surface area (Å²) in [5, 5.41) is 0.634. The summed E-state index contributed by atoms with van der Waals surface area (Å²) in [6, 6.07) is 3.94. The van der Waals surface area contributed by atoms with Crippen molar-refractivity contribution in [2.75, 3.05) is 5.73 Å². The van der Waals surface area contributed by atoms with Gasteiger partial charge in [-0.15, -0.1) is 0 Å². The van der Waals surface area contributed by atoms with Crippen LogP contribution in [-0.2, 0) is 10.1 Å². The van der Waals surface area contributed by atoms with Gasteiger partial charge in [0.05, 0.1) is 11.2 Å². The second-order valence-corrected chi connectivity index (χ2v) is 5.12. The Morgan fingerprint density at radius 1 is 1.29 bits per heavy atom. The van der Waals surface area contributed by atoms with Crippen LogP contribution in [0.2, 0.25) is 0 Å². The van der Waals surface area contributed by atoms with E-state index >= 15 is 0 Å². The van der Waals surface area contributed by atoms with Gasteiger partial charge >= 0.3 is 0 Å². The Morgan fingerprint density at radius 2 is 1.94 bits per heavy atom. The number of H-pyrrole nitrogens is 1. The van der Waals surface area contributed by atoms with Crippen molar-refractivity contribution in [3.05, 3.63) is 34.1 Å². The minimum absolute atomic E-state index is 0.0600. The largest absolute Gasteiger partial charge is 0.398 e. The maximum atomic E-state index is 11.3. The second-order valence-electron chi connectivity index (χ2n) is 3.73. The third kappa shape index (κ3) is 2.02. The predicted molar refractivity (Wildman–Crippen MR) is 63.5 cm³/mol. The average Bonchev–Trinajstić information content (AvgIpc) is 2.16. The van der Waals surface area contributed by atoms with Crippen molar-refractivity contribution in [2.45, 2.75) is 11.8 Å². The molecular formula is C10H10N2O4S. The van der Waals surface area contributed by atoms with Gasteiger partial charge in [-0.1, -0.05) is 0 Å². The number of nitrogens with one attached hydrogen (secondary N) is 1. The van der Waals surface area contributed by atoms with Crippen LogP contribution in [0.15, 0.2) is 27.9 Å². The monoisotopic (exact) mass is 254 g/mol. The van der Waals surface area contributed by atoms with Crippen molar-refractivity contribution in [1.82, 2.24) is 4.98 Å². The molecule has 1 heterocycles. The van der Waals surface area contributed by atoms with E-state index in [9.17, 15) is 13.2 Å². The smallest absolute Gasteiger partial charge is 0.296 e. The number of aromatic amines is 1. The summed E-state index contributed by atoms with van der Waals surface area (Å²) >= 11 is 0. The van der Waals surface area contributed by atoms with Crippen LogP contribution >= 0.6 is 0 Å². The zero-order valence-electron chi connectivity index (χ0n) is 8.89. The molecule has 2 aromatic rings. The van der Waals surface area contributed by atoms with E-state index in [-0.39, 0.29) is 11.2 Å². The standard InChI is InChI=1S/C10H10N2O4S/c1-5-2-10(13)12-8-4-9(17(14,15)16)7(11)3-6(5)8/h2-4H,11H2,1H3,(H,12,13)(H,14,15,16). The number of anilines is 1. The van der Waals surface area contributed by atoms with Gasteiger partial charge in [0.1, 0.15) is 4.90 Å². The van der Waals surface area contributed by atoms with Crippen LogP contribution < -0.4 is 11.3 Å². The van der Waals surface area contributed by atoms with Gasteiger partial charge in [-0.2, -0.15) is 8.42 Å². The number of hydrogen-bond donors (Lipinski definition) is 3. The van der Waals surface area contributed by atoms with Gasteiger partial charge in [-0.05, 0) is 24.6 Å². The molecule has 0 spiro atoms. The molecule has 0 unspecified atom stereocenters. The van der Waals surface area contributed by atoms with Crippen molar-refractivity contribution < 1.29 is 13.0 Å². The number of aromatic nitrogens is 1. The topological polar surface area (TPSA) is 113 Å². The summed E-state index contributed by atoms with van der Waals surface area (Å²) in [4.78, 5) is 13.3. The van der Waals surface area contributed by atoms with E-state index < -0.39 is 15.0 Å². The Labute approximate surface area is 96.8 Å². The van der Waals surface area contributed by atoms with Crippen LogP contribution in [0.3, 0.4) is 0 Å². The maximum absolute atomic E-state index is 11.3. The van der Waals surface area contributed by atoms with Crippen LogP contribution in [0.5, 0.6) is 0 Å². The lowest BCUT2D eigenvalue weighted by Crippen LogP contribution is -2.08. The first kappa shape index (κ1) is 11.6. The molecule has 0 bridgehead atoms. The molecular weight excluding hydrogens is 244 g/mol. The molecule has 90 valence electrons. The van der Waals surface area contributed by atoms with Crippen LogP contribution in [0.1, 0.15) is 5.56 Å². The molecule has 0 saturated heterocycles. The average molecular weight is 254 g/mol. The fraction of sp³-hybridized carbons (Fsp3) is 0.100. The van der Waals surface area contributed by atoms with Gasteiger partial charge in [0.2, 0.25) is 5.56 Å². The Bertz CT molecular complexity index is 762. The number of rotatable bonds is 1. The van der Waals surface area contributed by atoms with Crippen LogP contribution in [-0.4, -0.2) is 18.0 Å². The number of benzene rings is 1. The summed E-state index contributed by atoms with van der Waals surface area (Å²) in [7, 11) is -4.40. The van der Waals surface area contributed by atoms with E-state index in [0.717, 1.165) is 6.07 Å². The summed E-state index contributed by atoms with van der Waals surface area (Å²) in [6.07, 6.45) is 0. The molecule has 6 nitrogen and oxygen atoms in total. The Balaban J connectivity index is 2.95. The first-order valence-electron chi connectivity index (χ1n) is 4.69. The third-order valence-electron chi connectivity index (χ3n) is 2.46. The number of aryl methyl sites for hydroxylation is 1. The number of hydrogen-bond acceptors (Lipinski definition) is 4. The molecule has 0 atom stereocenters. The van der Waals surface area contributed by atoms with Crippen LogP contribution in [0.4, 0.5) is 5.69 Å². The first-order valence-corrected chi connectivity index (χ1v) is 6.13. The number of pyridine rings is 1. The highest BCUT2D eigenvalue weighted by atomic mass is 32.2. The lowest BCUT2D eigenvalue weighted by molar-refractivity contribution is 0.484. The fourth-order valence-corrected chi connectivity index (χ4v) is 2.32. The van der Waals surface area contributed by atoms with Crippen molar-refractivity contribution in [3.63, 3.8) is 0 Å². The molecule has 1 aromatic carbocycles. The van der Waals surface area contributed by atoms with E-state index in [2.05, 4.69) is 4.98 Å². The van der Waals surface area contributed by atoms with Crippen molar-refractivity contribution in [3.8, 4) is 0 Å². The molecule has 7 heteroatoms. The van der Waals surface area contributed by atoms with Gasteiger partial charge < -0.3 is 10.7 Å². The summed E-state index contributed by atoms with van der Waals surface area (Å²) < 4.78 is 31.1. The van der Waals surface area contributed by atoms with E-state index in [1.807, 2.05) is 0 Å². The van der Waals surface area contributed by atoms with Gasteiger partial charge in [0.25, 0.3) is 10.1 Å². The minimum Gasteiger partial charge on any atom is -0.398 e. The number of nitrogens with two attached hydrogens (primary N) is 1. The lowest BCUT2D eigenvalue weighted by atomic mass is 10.1. The fourth-order valence-electron chi connectivity index (χ4n) is 1.69. The quantitative estimate of drug-likeness (QED) is 0.511. The van der Waals surface area contributed by atoms with Gasteiger partial charge in [-0.25, -0.2) is 0 Å². The van der Waals surface area contributed by atoms with Crippen LogP contribution in [0.25, 0.3) is 10.9 Å². The van der Waals surface area contributed by atoms with Gasteiger partial charge in [0.15, 0.2) is 0 Å². The molecule has 1 aromatic heterocycles. The Kier molecular flexibility index (Phi) is 2.44. The van der Waals surface area contributed by atoms with Gasteiger partial charge in [-0.3, -0.25) is 9.35 Å². The summed E-state index contributed by atoms with van der Waals surface area (Å²) in [5.41, 5.74) is 6.14. The minimum atomic E-state index is -4.40. The molecule has 0 aliphatic carbocycles. The molecule has 4 N–H and O–H groups in total. The van der Waals surface area contributed by atoms with E-state index in [1.54, 1.807) is 6.92 Å². The molecule has 0 saturated carbocycles. The van der Waals surface area contributed by atoms with Crippen LogP contribution in [0, 0.1) is 6.92 Å². The molecule has 0 radical (unpaired) electrons. The Morgan fingerprint density at radius 3 is 2.53 bits per heavy atom. The zero-order valence-corrected chi connectivity index (χ0v) is 9.71. The Hall–Kier alpha value is -1.86. The van der Waals surface area contributed by atoms with E-state index in [0.29, 0.717) is 16.5 Å². The zero-order chi connectivity index (χ0) is 12.8. The first-order chi connectivity index (χ1) is 7.79. The summed E-state index contributed by atoms with van der Waals surface area (Å²) in [6.45, 7) is 1.71. The third-order valence-corrected chi connectivity index (χ3v) is 3.37. The summed E-state index contributed by atoms with van der Waals surface area (Å²) in [5.74, 6) is 0.